The summed E-state index contributed by atoms with van der Waals surface area (Å²) in [5, 5.41) is 18.0. The molecule has 0 radical (unpaired) electrons. The van der Waals surface area contributed by atoms with Gasteiger partial charge in [0.25, 0.3) is 0 Å². The lowest BCUT2D eigenvalue weighted by molar-refractivity contribution is -0.141. The fourth-order valence-corrected chi connectivity index (χ4v) is 1.56. The summed E-state index contributed by atoms with van der Waals surface area (Å²) >= 11 is 0. The number of nitrogens with zero attached hydrogens (tertiary/aromatic N) is 1. The number of carboxylic acid groups (broad SMARTS) is 1. The first-order valence-corrected chi connectivity index (χ1v) is 5.41. The molecule has 0 aliphatic heterocycles. The molecule has 1 amide bonds. The number of hydrogen-bond donors (Lipinski definition) is 3. The number of hydrogen-bond acceptors (Lipinski definition) is 3. The number of aromatic nitrogens is 2. The van der Waals surface area contributed by atoms with Crippen LogP contribution in [0, 0.1) is 26.2 Å². The molecular weight excluding hydrogens is 234 g/mol. The van der Waals surface area contributed by atoms with E-state index in [1.165, 1.54) is 0 Å². The van der Waals surface area contributed by atoms with E-state index in [1.54, 1.807) is 13.8 Å². The van der Waals surface area contributed by atoms with Crippen molar-refractivity contribution in [3.63, 3.8) is 0 Å². The zero-order chi connectivity index (χ0) is 13.7. The molecule has 1 heterocycles. The quantitative estimate of drug-likeness (QED) is 0.648. The van der Waals surface area contributed by atoms with Gasteiger partial charge in [0.1, 0.15) is 6.04 Å². The van der Waals surface area contributed by atoms with Gasteiger partial charge in [-0.05, 0) is 13.8 Å². The normalized spacial score (nSPS) is 11.6. The maximum atomic E-state index is 11.7. The van der Waals surface area contributed by atoms with Gasteiger partial charge in [-0.3, -0.25) is 9.89 Å². The number of aromatic amines is 1. The second kappa shape index (κ2) is 5.87. The highest BCUT2D eigenvalue weighted by molar-refractivity contribution is 5.85. The van der Waals surface area contributed by atoms with Gasteiger partial charge >= 0.3 is 5.97 Å². The van der Waals surface area contributed by atoms with Crippen molar-refractivity contribution in [1.29, 1.82) is 0 Å². The maximum absolute atomic E-state index is 11.7. The van der Waals surface area contributed by atoms with Gasteiger partial charge in [0.2, 0.25) is 5.91 Å². The molecule has 6 nitrogen and oxygen atoms in total. The lowest BCUT2D eigenvalue weighted by atomic mass is 10.1. The fourth-order valence-electron chi connectivity index (χ4n) is 1.56. The lowest BCUT2D eigenvalue weighted by Gasteiger charge is -2.11. The molecule has 0 aliphatic carbocycles. The van der Waals surface area contributed by atoms with Crippen LogP contribution in [0.25, 0.3) is 0 Å². The topological polar surface area (TPSA) is 95.1 Å². The average Bonchev–Trinajstić information content (AvgIpc) is 2.60. The minimum atomic E-state index is -1.14. The van der Waals surface area contributed by atoms with Gasteiger partial charge in [-0.2, -0.15) is 5.10 Å². The Bertz CT molecular complexity index is 480. The van der Waals surface area contributed by atoms with E-state index in [-0.39, 0.29) is 18.7 Å². The van der Waals surface area contributed by atoms with Gasteiger partial charge < -0.3 is 10.4 Å². The molecule has 18 heavy (non-hydrogen) atoms. The van der Waals surface area contributed by atoms with Crippen LogP contribution in [0.3, 0.4) is 0 Å². The van der Waals surface area contributed by atoms with Crippen molar-refractivity contribution in [3.8, 4) is 12.3 Å². The summed E-state index contributed by atoms with van der Waals surface area (Å²) in [7, 11) is 0. The Morgan fingerprint density at radius 3 is 2.67 bits per heavy atom. The van der Waals surface area contributed by atoms with Gasteiger partial charge in [-0.1, -0.05) is 0 Å². The van der Waals surface area contributed by atoms with Crippen LogP contribution in [0.1, 0.15) is 23.4 Å². The number of nitrogens with one attached hydrogen (secondary N) is 2. The third-order valence-electron chi connectivity index (χ3n) is 2.57. The lowest BCUT2D eigenvalue weighted by Crippen LogP contribution is -2.41. The van der Waals surface area contributed by atoms with E-state index in [0.717, 1.165) is 17.0 Å². The van der Waals surface area contributed by atoms with E-state index >= 15 is 0 Å². The highest BCUT2D eigenvalue weighted by Crippen LogP contribution is 2.10. The highest BCUT2D eigenvalue weighted by atomic mass is 16.4. The molecule has 6 heteroatoms. The average molecular weight is 249 g/mol. The molecule has 0 saturated carbocycles. The summed E-state index contributed by atoms with van der Waals surface area (Å²) in [5.41, 5.74) is 2.30. The Balaban J connectivity index is 2.67. The molecule has 96 valence electrons. The minimum absolute atomic E-state index is 0.0373. The van der Waals surface area contributed by atoms with Crippen LogP contribution in [0.15, 0.2) is 0 Å². The molecule has 1 atom stereocenters. The molecule has 3 N–H and O–H groups in total. The fraction of sp³-hybridized carbons (Fsp3) is 0.417. The second-order valence-electron chi connectivity index (χ2n) is 3.96. The number of amides is 1. The molecule has 0 aliphatic rings. The van der Waals surface area contributed by atoms with Crippen LogP contribution in [-0.2, 0) is 16.0 Å². The first kappa shape index (κ1) is 13.8. The zero-order valence-electron chi connectivity index (χ0n) is 10.3. The monoisotopic (exact) mass is 249 g/mol. The van der Waals surface area contributed by atoms with Crippen LogP contribution in [-0.4, -0.2) is 33.2 Å². The van der Waals surface area contributed by atoms with Crippen molar-refractivity contribution in [2.75, 3.05) is 0 Å². The zero-order valence-corrected chi connectivity index (χ0v) is 10.3. The Labute approximate surface area is 105 Å². The summed E-state index contributed by atoms with van der Waals surface area (Å²) in [6.07, 6.45) is 5.10. The van der Waals surface area contributed by atoms with E-state index in [1.807, 2.05) is 0 Å². The van der Waals surface area contributed by atoms with Crippen LogP contribution in [0.2, 0.25) is 0 Å². The van der Waals surface area contributed by atoms with E-state index in [0.29, 0.717) is 0 Å². The number of aryl methyl sites for hydroxylation is 2. The first-order chi connectivity index (χ1) is 8.45. The van der Waals surface area contributed by atoms with Gasteiger partial charge in [0.05, 0.1) is 12.1 Å². The molecule has 1 aromatic heterocycles. The predicted molar refractivity (Wildman–Crippen MR) is 64.8 cm³/mol. The third kappa shape index (κ3) is 3.35. The molecule has 1 aromatic rings. The van der Waals surface area contributed by atoms with Crippen LogP contribution >= 0.6 is 0 Å². The molecule has 1 unspecified atom stereocenters. The van der Waals surface area contributed by atoms with E-state index in [4.69, 9.17) is 11.5 Å². The van der Waals surface area contributed by atoms with Crippen molar-refractivity contribution >= 4 is 11.9 Å². The van der Waals surface area contributed by atoms with Crippen molar-refractivity contribution in [2.24, 2.45) is 0 Å². The first-order valence-electron chi connectivity index (χ1n) is 5.41. The summed E-state index contributed by atoms with van der Waals surface area (Å²) in [6.45, 7) is 3.58. The Kier molecular flexibility index (Phi) is 4.49. The van der Waals surface area contributed by atoms with Gasteiger partial charge in [0, 0.05) is 17.7 Å². The number of rotatable bonds is 5. The number of carboxylic acids is 1. The van der Waals surface area contributed by atoms with Crippen molar-refractivity contribution in [2.45, 2.75) is 32.7 Å². The summed E-state index contributed by atoms with van der Waals surface area (Å²) in [5.74, 6) is 0.701. The van der Waals surface area contributed by atoms with E-state index in [2.05, 4.69) is 21.4 Å². The summed E-state index contributed by atoms with van der Waals surface area (Å²) in [6, 6.07) is -1.05. The van der Waals surface area contributed by atoms with Crippen LogP contribution < -0.4 is 5.32 Å². The van der Waals surface area contributed by atoms with E-state index in [9.17, 15) is 9.59 Å². The predicted octanol–water partition coefficient (Wildman–Crippen LogP) is 0.162. The molecule has 0 bridgehead atoms. The smallest absolute Gasteiger partial charge is 0.327 e. The molecular formula is C12H15N3O3. The maximum Gasteiger partial charge on any atom is 0.327 e. The van der Waals surface area contributed by atoms with Crippen molar-refractivity contribution < 1.29 is 14.7 Å². The number of H-pyrrole nitrogens is 1. The Morgan fingerprint density at radius 2 is 2.22 bits per heavy atom. The van der Waals surface area contributed by atoms with Gasteiger partial charge in [0.15, 0.2) is 0 Å². The van der Waals surface area contributed by atoms with Gasteiger partial charge in [-0.25, -0.2) is 4.79 Å². The number of carbonyl (C=O) groups is 2. The SMILES string of the molecule is C#CCC(NC(=O)Cc1c(C)n[nH]c1C)C(=O)O. The number of aliphatic carboxylic acids is 1. The number of carbonyl (C=O) groups excluding carboxylic acids is 1. The Hall–Kier alpha value is -2.29. The second-order valence-corrected chi connectivity index (χ2v) is 3.96. The summed E-state index contributed by atoms with van der Waals surface area (Å²) in [4.78, 5) is 22.6. The van der Waals surface area contributed by atoms with Crippen LogP contribution in [0.5, 0.6) is 0 Å². The highest BCUT2D eigenvalue weighted by Gasteiger charge is 2.20. The molecule has 1 rings (SSSR count). The van der Waals surface area contributed by atoms with Crippen LogP contribution in [0.4, 0.5) is 0 Å². The standard InChI is InChI=1S/C12H15N3O3/c1-4-5-10(12(17)18)13-11(16)6-9-7(2)14-15-8(9)3/h1,10H,5-6H2,2-3H3,(H,13,16)(H,14,15)(H,17,18). The molecule has 0 saturated heterocycles. The minimum Gasteiger partial charge on any atom is -0.480 e. The van der Waals surface area contributed by atoms with E-state index < -0.39 is 12.0 Å². The van der Waals surface area contributed by atoms with Gasteiger partial charge in [-0.15, -0.1) is 12.3 Å². The van der Waals surface area contributed by atoms with Crippen molar-refractivity contribution in [3.05, 3.63) is 17.0 Å². The molecule has 0 spiro atoms. The van der Waals surface area contributed by atoms with Crippen molar-refractivity contribution in [1.82, 2.24) is 15.5 Å². The largest absolute Gasteiger partial charge is 0.480 e. The summed E-state index contributed by atoms with van der Waals surface area (Å²) < 4.78 is 0. The molecule has 0 aromatic carbocycles. The third-order valence-corrected chi connectivity index (χ3v) is 2.57. The molecule has 0 fully saturated rings. The number of terminal acetylenes is 1. The Morgan fingerprint density at radius 1 is 1.56 bits per heavy atom.